The highest BCUT2D eigenvalue weighted by molar-refractivity contribution is 5.85. The molecule has 0 bridgehead atoms. The van der Waals surface area contributed by atoms with Crippen molar-refractivity contribution in [3.63, 3.8) is 0 Å². The van der Waals surface area contributed by atoms with Gasteiger partial charge in [0.05, 0.1) is 54.6 Å². The van der Waals surface area contributed by atoms with Crippen LogP contribution >= 0.6 is 0 Å². The number of aromatic amines is 1. The summed E-state index contributed by atoms with van der Waals surface area (Å²) < 4.78 is 50.0. The molecule has 2 saturated heterocycles. The molecule has 4 aromatic rings. The van der Waals surface area contributed by atoms with Gasteiger partial charge in [0.15, 0.2) is 0 Å². The number of pyridine rings is 1. The topological polar surface area (TPSA) is 125 Å². The number of anilines is 2. The van der Waals surface area contributed by atoms with Crippen LogP contribution in [0.15, 0.2) is 47.3 Å². The van der Waals surface area contributed by atoms with Crippen LogP contribution < -0.4 is 10.2 Å². The summed E-state index contributed by atoms with van der Waals surface area (Å²) in [7, 11) is 1.71. The van der Waals surface area contributed by atoms with Gasteiger partial charge >= 0.3 is 6.43 Å². The molecule has 2 N–H and O–H groups in total. The number of alkyl halides is 2. The highest BCUT2D eigenvalue weighted by Gasteiger charge is 2.26. The smallest absolute Gasteiger partial charge is 0.314 e. The van der Waals surface area contributed by atoms with Crippen molar-refractivity contribution in [2.45, 2.75) is 38.3 Å². The van der Waals surface area contributed by atoms with Gasteiger partial charge in [-0.05, 0) is 50.2 Å². The zero-order chi connectivity index (χ0) is 29.5. The second-order valence-corrected chi connectivity index (χ2v) is 10.0. The molecule has 42 heavy (non-hydrogen) atoms. The number of hydrogen-bond acceptors (Lipinski definition) is 9. The fraction of sp³-hybridized carbons (Fsp3) is 0.393. The number of likely N-dealkylation sites (tertiary alicyclic amines) is 1. The fourth-order valence-corrected chi connectivity index (χ4v) is 4.81. The molecule has 2 aliphatic heterocycles. The number of aromatic nitrogens is 5. The van der Waals surface area contributed by atoms with E-state index in [9.17, 15) is 18.0 Å². The number of carbonyl (C=O) groups excluding carboxylic acids is 1. The Labute approximate surface area is 240 Å². The largest absolute Gasteiger partial charge is 0.415 e. The van der Waals surface area contributed by atoms with Crippen molar-refractivity contribution < 1.29 is 27.1 Å². The van der Waals surface area contributed by atoms with Crippen molar-refractivity contribution in [1.29, 1.82) is 0 Å². The molecular formula is C28H31F3N8O3. The Morgan fingerprint density at radius 1 is 1.14 bits per heavy atom. The van der Waals surface area contributed by atoms with Gasteiger partial charge in [-0.15, -0.1) is 10.2 Å². The molecule has 0 radical (unpaired) electrons. The Balaban J connectivity index is 0.000000295. The van der Waals surface area contributed by atoms with Gasteiger partial charge in [-0.3, -0.25) is 19.8 Å². The Bertz CT molecular complexity index is 1440. The lowest BCUT2D eigenvalue weighted by atomic mass is 10.1. The SMILES string of the molecule is C1CCN(C2COC2)CC1.CN(Cc1ccc(-c2nnc(C(F)F)o2)cn1)c1cc(F)c(-c2cn[nH]c2)cc1NC=O. The number of carbonyl (C=O) groups is 1. The maximum atomic E-state index is 14.8. The zero-order valence-corrected chi connectivity index (χ0v) is 23.0. The molecule has 2 fully saturated rings. The Hall–Kier alpha value is -4.30. The number of ether oxygens (including phenoxy) is 1. The van der Waals surface area contributed by atoms with Crippen LogP contribution in [0.4, 0.5) is 24.5 Å². The van der Waals surface area contributed by atoms with Gasteiger partial charge in [-0.25, -0.2) is 4.39 Å². The van der Waals surface area contributed by atoms with Crippen molar-refractivity contribution in [3.05, 3.63) is 60.3 Å². The minimum Gasteiger partial charge on any atom is -0.415 e. The molecular weight excluding hydrogens is 553 g/mol. The van der Waals surface area contributed by atoms with Gasteiger partial charge in [0, 0.05) is 30.6 Å². The van der Waals surface area contributed by atoms with E-state index in [-0.39, 0.29) is 18.0 Å². The van der Waals surface area contributed by atoms with Crippen LogP contribution in [-0.4, -0.2) is 76.1 Å². The molecule has 0 aliphatic carbocycles. The summed E-state index contributed by atoms with van der Waals surface area (Å²) in [5.41, 5.74) is 2.65. The van der Waals surface area contributed by atoms with E-state index in [1.807, 2.05) is 0 Å². The summed E-state index contributed by atoms with van der Waals surface area (Å²) in [6.07, 6.45) is 6.33. The third-order valence-corrected chi connectivity index (χ3v) is 7.15. The molecule has 1 aromatic carbocycles. The van der Waals surface area contributed by atoms with Crippen LogP contribution in [0.25, 0.3) is 22.6 Å². The van der Waals surface area contributed by atoms with Crippen LogP contribution in [0.1, 0.15) is 37.3 Å². The quantitative estimate of drug-likeness (QED) is 0.270. The molecule has 2 aliphatic rings. The highest BCUT2D eigenvalue weighted by atomic mass is 19.3. The summed E-state index contributed by atoms with van der Waals surface area (Å²) >= 11 is 0. The van der Waals surface area contributed by atoms with Crippen LogP contribution in [-0.2, 0) is 16.1 Å². The van der Waals surface area contributed by atoms with Gasteiger partial charge in [-0.1, -0.05) is 6.42 Å². The third kappa shape index (κ3) is 6.94. The lowest BCUT2D eigenvalue weighted by Gasteiger charge is -2.39. The first-order chi connectivity index (χ1) is 20.4. The normalized spacial score (nSPS) is 15.5. The molecule has 0 spiro atoms. The van der Waals surface area contributed by atoms with Crippen LogP contribution in [0, 0.1) is 5.82 Å². The molecule has 6 rings (SSSR count). The van der Waals surface area contributed by atoms with E-state index in [2.05, 4.69) is 35.6 Å². The van der Waals surface area contributed by atoms with Crippen molar-refractivity contribution in [2.75, 3.05) is 43.6 Å². The predicted molar refractivity (Wildman–Crippen MR) is 148 cm³/mol. The molecule has 5 heterocycles. The van der Waals surface area contributed by atoms with Crippen LogP contribution in [0.2, 0.25) is 0 Å². The van der Waals surface area contributed by atoms with Gasteiger partial charge < -0.3 is 19.4 Å². The minimum absolute atomic E-state index is 0.0675. The summed E-state index contributed by atoms with van der Waals surface area (Å²) in [6, 6.07) is 6.87. The number of rotatable bonds is 9. The van der Waals surface area contributed by atoms with Crippen LogP contribution in [0.3, 0.4) is 0 Å². The maximum absolute atomic E-state index is 14.8. The minimum atomic E-state index is -2.86. The monoisotopic (exact) mass is 584 g/mol. The van der Waals surface area contributed by atoms with Crippen molar-refractivity contribution in [1.82, 2.24) is 30.3 Å². The maximum Gasteiger partial charge on any atom is 0.314 e. The Morgan fingerprint density at radius 3 is 2.55 bits per heavy atom. The van der Waals surface area contributed by atoms with Gasteiger partial charge in [0.1, 0.15) is 5.82 Å². The number of nitrogens with one attached hydrogen (secondary N) is 2. The van der Waals surface area contributed by atoms with Gasteiger partial charge in [-0.2, -0.15) is 13.9 Å². The molecule has 1 amide bonds. The van der Waals surface area contributed by atoms with E-state index in [0.717, 1.165) is 19.3 Å². The van der Waals surface area contributed by atoms with E-state index in [1.165, 1.54) is 56.9 Å². The summed E-state index contributed by atoms with van der Waals surface area (Å²) in [5.74, 6) is -1.32. The molecule has 14 heteroatoms. The van der Waals surface area contributed by atoms with E-state index in [4.69, 9.17) is 9.15 Å². The first-order valence-corrected chi connectivity index (χ1v) is 13.6. The predicted octanol–water partition coefficient (Wildman–Crippen LogP) is 4.67. The number of halogens is 3. The van der Waals surface area contributed by atoms with Crippen molar-refractivity contribution in [3.8, 4) is 22.6 Å². The number of benzene rings is 1. The first kappa shape index (κ1) is 29.2. The average molecular weight is 585 g/mol. The molecule has 0 unspecified atom stereocenters. The summed E-state index contributed by atoms with van der Waals surface area (Å²) in [4.78, 5) is 19.6. The number of amides is 1. The van der Waals surface area contributed by atoms with Gasteiger partial charge in [0.2, 0.25) is 12.3 Å². The molecule has 11 nitrogen and oxygen atoms in total. The molecule has 0 saturated carbocycles. The van der Waals surface area contributed by atoms with E-state index in [1.54, 1.807) is 30.3 Å². The number of H-pyrrole nitrogens is 1. The second-order valence-electron chi connectivity index (χ2n) is 10.0. The molecule has 0 atom stereocenters. The zero-order valence-electron chi connectivity index (χ0n) is 23.0. The fourth-order valence-electron chi connectivity index (χ4n) is 4.81. The molecule has 3 aromatic heterocycles. The van der Waals surface area contributed by atoms with Crippen LogP contribution in [0.5, 0.6) is 0 Å². The first-order valence-electron chi connectivity index (χ1n) is 13.6. The number of piperidine rings is 1. The standard InChI is InChI=1S/C20H16F3N7O2.C8H15NO/c1-30(9-13-3-2-11(6-24-13)19-28-29-20(32-19)18(22)23)17-5-15(21)14(4-16(17)25-10-31)12-7-26-27-8-12;1-2-4-9(5-3-1)8-6-10-7-8/h2-8,10,18H,9H2,1H3,(H,25,31)(H,26,27);8H,1-7H2. The second kappa shape index (κ2) is 13.6. The van der Waals surface area contributed by atoms with Crippen molar-refractivity contribution in [2.24, 2.45) is 0 Å². The van der Waals surface area contributed by atoms with Crippen molar-refractivity contribution >= 4 is 17.8 Å². The lowest BCUT2D eigenvalue weighted by Crippen LogP contribution is -2.50. The lowest BCUT2D eigenvalue weighted by molar-refractivity contribution is -0.105. The number of nitrogens with zero attached hydrogens (tertiary/aromatic N) is 6. The Morgan fingerprint density at radius 2 is 1.95 bits per heavy atom. The summed E-state index contributed by atoms with van der Waals surface area (Å²) in [6.45, 7) is 4.87. The van der Waals surface area contributed by atoms with E-state index in [0.29, 0.717) is 34.6 Å². The Kier molecular flexibility index (Phi) is 9.44. The van der Waals surface area contributed by atoms with E-state index < -0.39 is 18.1 Å². The van der Waals surface area contributed by atoms with E-state index >= 15 is 0 Å². The third-order valence-electron chi connectivity index (χ3n) is 7.15. The molecule has 222 valence electrons. The number of hydrogen-bond donors (Lipinski definition) is 2. The van der Waals surface area contributed by atoms with Gasteiger partial charge in [0.25, 0.3) is 5.89 Å². The highest BCUT2D eigenvalue weighted by Crippen LogP contribution is 2.34. The average Bonchev–Trinajstić information content (AvgIpc) is 3.68. The summed E-state index contributed by atoms with van der Waals surface area (Å²) in [5, 5.41) is 15.9.